The molecule has 0 atom stereocenters. The smallest absolute Gasteiger partial charge is 0.164 e. The summed E-state index contributed by atoms with van der Waals surface area (Å²) in [6.45, 7) is 0. The zero-order valence-corrected chi connectivity index (χ0v) is 34.3. The van der Waals surface area contributed by atoms with Crippen LogP contribution >= 0.6 is 11.3 Å². The van der Waals surface area contributed by atoms with Gasteiger partial charge in [-0.25, -0.2) is 15.0 Å². The van der Waals surface area contributed by atoms with Crippen molar-refractivity contribution in [3.8, 4) is 73.2 Å². The Balaban J connectivity index is 1.08. The summed E-state index contributed by atoms with van der Waals surface area (Å²) < 4.78 is 4.91. The molecule has 3 heterocycles. The van der Waals surface area contributed by atoms with Crippen LogP contribution in [0.25, 0.3) is 115 Å². The van der Waals surface area contributed by atoms with Crippen LogP contribution in [0.15, 0.2) is 218 Å². The van der Waals surface area contributed by atoms with Crippen LogP contribution in [-0.2, 0) is 0 Å². The predicted octanol–water partition coefficient (Wildman–Crippen LogP) is 15.3. The highest BCUT2D eigenvalue weighted by Crippen LogP contribution is 2.44. The first kappa shape index (κ1) is 35.9. The van der Waals surface area contributed by atoms with Crippen molar-refractivity contribution >= 4 is 53.3 Å². The molecule has 9 aromatic carbocycles. The Bertz CT molecular complexity index is 3560. The van der Waals surface area contributed by atoms with Crippen LogP contribution in [0.3, 0.4) is 0 Å². The fourth-order valence-electron chi connectivity index (χ4n) is 8.86. The second-order valence-corrected chi connectivity index (χ2v) is 16.7. The third-order valence-corrected chi connectivity index (χ3v) is 13.0. The summed E-state index contributed by atoms with van der Waals surface area (Å²) in [7, 11) is 0. The molecule has 0 aliphatic rings. The molecule has 0 N–H and O–H groups in total. The maximum atomic E-state index is 5.26. The monoisotopic (exact) mass is 808 g/mol. The summed E-state index contributed by atoms with van der Waals surface area (Å²) >= 11 is 1.85. The van der Waals surface area contributed by atoms with Crippen molar-refractivity contribution in [3.05, 3.63) is 218 Å². The van der Waals surface area contributed by atoms with Gasteiger partial charge in [-0.15, -0.1) is 11.3 Å². The summed E-state index contributed by atoms with van der Waals surface area (Å²) in [4.78, 5) is 15.6. The molecular weight excluding hydrogens is 773 g/mol. The summed E-state index contributed by atoms with van der Waals surface area (Å²) in [6.07, 6.45) is 0. The standard InChI is InChI=1S/C57H36N4S/c1-5-16-37(17-6-1)40-22-15-23-41(32-40)42-28-30-45(50(33-42)57-59-55(38-18-7-2-8-19-38)58-56(60-57)39-20-9-3-10-21-39)43-29-31-53-48(34-43)49-35-47-46-26-13-14-27-51(46)61(44-24-11-4-12-25-44)52(47)36-54(49)62-53/h1-36H. The molecule has 0 radical (unpaired) electrons. The molecule has 3 aromatic heterocycles. The van der Waals surface area contributed by atoms with E-state index in [2.05, 4.69) is 187 Å². The molecule has 0 spiro atoms. The van der Waals surface area contributed by atoms with Gasteiger partial charge in [0.05, 0.1) is 11.0 Å². The second-order valence-electron chi connectivity index (χ2n) is 15.6. The van der Waals surface area contributed by atoms with Gasteiger partial charge < -0.3 is 4.57 Å². The van der Waals surface area contributed by atoms with E-state index < -0.39 is 0 Å². The summed E-state index contributed by atoms with van der Waals surface area (Å²) in [5.41, 5.74) is 13.1. The fourth-order valence-corrected chi connectivity index (χ4v) is 9.96. The Morgan fingerprint density at radius 2 is 0.839 bits per heavy atom. The van der Waals surface area contributed by atoms with E-state index in [1.54, 1.807) is 0 Å². The van der Waals surface area contributed by atoms with Gasteiger partial charge in [-0.05, 0) is 88.0 Å². The van der Waals surface area contributed by atoms with Gasteiger partial charge in [-0.2, -0.15) is 0 Å². The van der Waals surface area contributed by atoms with E-state index >= 15 is 0 Å². The van der Waals surface area contributed by atoms with Gasteiger partial charge in [0.25, 0.3) is 0 Å². The van der Waals surface area contributed by atoms with Crippen molar-refractivity contribution in [2.75, 3.05) is 0 Å². The van der Waals surface area contributed by atoms with E-state index in [9.17, 15) is 0 Å². The number of aromatic nitrogens is 4. The number of thiophene rings is 1. The van der Waals surface area contributed by atoms with Crippen LogP contribution in [-0.4, -0.2) is 19.5 Å². The van der Waals surface area contributed by atoms with E-state index in [1.807, 2.05) is 47.7 Å². The Morgan fingerprint density at radius 3 is 1.55 bits per heavy atom. The zero-order chi connectivity index (χ0) is 41.0. The normalized spacial score (nSPS) is 11.5. The lowest BCUT2D eigenvalue weighted by Crippen LogP contribution is -2.01. The highest BCUT2D eigenvalue weighted by atomic mass is 32.1. The number of fused-ring (bicyclic) bond motifs is 6. The Hall–Kier alpha value is -7.99. The Morgan fingerprint density at radius 1 is 0.290 bits per heavy atom. The quantitative estimate of drug-likeness (QED) is 0.161. The average Bonchev–Trinajstić information content (AvgIpc) is 3.88. The van der Waals surface area contributed by atoms with Gasteiger partial charge >= 0.3 is 0 Å². The lowest BCUT2D eigenvalue weighted by Gasteiger charge is -2.15. The molecule has 0 saturated heterocycles. The SMILES string of the molecule is c1ccc(-c2cccc(-c3ccc(-c4ccc5sc6cc7c(cc6c5c4)c4ccccc4n7-c4ccccc4)c(-c4nc(-c5ccccc5)nc(-c5ccccc5)n4)c3)c2)cc1. The van der Waals surface area contributed by atoms with Gasteiger partial charge in [0, 0.05) is 53.3 Å². The van der Waals surface area contributed by atoms with Crippen molar-refractivity contribution in [1.82, 2.24) is 19.5 Å². The molecule has 0 aliphatic carbocycles. The first-order chi connectivity index (χ1) is 30.7. The van der Waals surface area contributed by atoms with Gasteiger partial charge in [-0.3, -0.25) is 0 Å². The lowest BCUT2D eigenvalue weighted by atomic mass is 9.92. The fraction of sp³-hybridized carbons (Fsp3) is 0. The highest BCUT2D eigenvalue weighted by molar-refractivity contribution is 7.25. The number of hydrogen-bond donors (Lipinski definition) is 0. The number of hydrogen-bond acceptors (Lipinski definition) is 4. The molecule has 0 saturated carbocycles. The molecule has 290 valence electrons. The molecule has 12 rings (SSSR count). The van der Waals surface area contributed by atoms with Crippen LogP contribution in [0, 0.1) is 0 Å². The van der Waals surface area contributed by atoms with E-state index in [1.165, 1.54) is 53.1 Å². The average molecular weight is 809 g/mol. The molecule has 62 heavy (non-hydrogen) atoms. The van der Waals surface area contributed by atoms with Crippen molar-refractivity contribution in [2.45, 2.75) is 0 Å². The predicted molar refractivity (Wildman–Crippen MR) is 260 cm³/mol. The molecule has 0 unspecified atom stereocenters. The second kappa shape index (κ2) is 14.9. The minimum absolute atomic E-state index is 0.625. The number of para-hydroxylation sites is 2. The van der Waals surface area contributed by atoms with E-state index in [0.29, 0.717) is 17.5 Å². The third kappa shape index (κ3) is 6.26. The van der Waals surface area contributed by atoms with E-state index in [4.69, 9.17) is 15.0 Å². The highest BCUT2D eigenvalue weighted by Gasteiger charge is 2.20. The molecular formula is C57H36N4S. The third-order valence-electron chi connectivity index (χ3n) is 11.9. The van der Waals surface area contributed by atoms with Crippen molar-refractivity contribution < 1.29 is 0 Å². The van der Waals surface area contributed by atoms with Crippen LogP contribution in [0.5, 0.6) is 0 Å². The molecule has 12 aromatic rings. The largest absolute Gasteiger partial charge is 0.309 e. The maximum Gasteiger partial charge on any atom is 0.164 e. The minimum Gasteiger partial charge on any atom is -0.309 e. The van der Waals surface area contributed by atoms with Gasteiger partial charge in [0.2, 0.25) is 0 Å². The van der Waals surface area contributed by atoms with E-state index in [-0.39, 0.29) is 0 Å². The first-order valence-corrected chi connectivity index (χ1v) is 21.7. The van der Waals surface area contributed by atoms with E-state index in [0.717, 1.165) is 44.6 Å². The molecule has 0 amide bonds. The zero-order valence-electron chi connectivity index (χ0n) is 33.5. The van der Waals surface area contributed by atoms with Crippen molar-refractivity contribution in [3.63, 3.8) is 0 Å². The summed E-state index contributed by atoms with van der Waals surface area (Å²) in [5, 5.41) is 4.98. The van der Waals surface area contributed by atoms with Gasteiger partial charge in [0.1, 0.15) is 0 Å². The maximum absolute atomic E-state index is 5.26. The van der Waals surface area contributed by atoms with Crippen LogP contribution in [0.2, 0.25) is 0 Å². The van der Waals surface area contributed by atoms with Crippen LogP contribution < -0.4 is 0 Å². The van der Waals surface area contributed by atoms with Gasteiger partial charge in [0.15, 0.2) is 17.5 Å². The van der Waals surface area contributed by atoms with Gasteiger partial charge in [-0.1, -0.05) is 164 Å². The Kier molecular flexibility index (Phi) is 8.65. The first-order valence-electron chi connectivity index (χ1n) is 20.8. The van der Waals surface area contributed by atoms with Crippen LogP contribution in [0.1, 0.15) is 0 Å². The molecule has 4 nitrogen and oxygen atoms in total. The number of nitrogens with zero attached hydrogens (tertiary/aromatic N) is 4. The van der Waals surface area contributed by atoms with Crippen molar-refractivity contribution in [1.29, 1.82) is 0 Å². The van der Waals surface area contributed by atoms with Crippen LogP contribution in [0.4, 0.5) is 0 Å². The minimum atomic E-state index is 0.625. The van der Waals surface area contributed by atoms with Crippen molar-refractivity contribution in [2.24, 2.45) is 0 Å². The molecule has 0 aliphatic heterocycles. The molecule has 0 bridgehead atoms. The summed E-state index contributed by atoms with van der Waals surface area (Å²) in [6, 6.07) is 77.5. The molecule has 5 heteroatoms. The molecule has 0 fully saturated rings. The summed E-state index contributed by atoms with van der Waals surface area (Å²) in [5.74, 6) is 1.89. The topological polar surface area (TPSA) is 43.6 Å². The number of benzene rings is 9. The lowest BCUT2D eigenvalue weighted by molar-refractivity contribution is 1.07. The Labute approximate surface area is 362 Å². The number of rotatable bonds is 7.